The van der Waals surface area contributed by atoms with Crippen molar-refractivity contribution >= 4 is 29.3 Å². The van der Waals surface area contributed by atoms with Gasteiger partial charge >= 0.3 is 0 Å². The maximum absolute atomic E-state index is 14.0. The number of anilines is 1. The number of aryl methyl sites for hydroxylation is 1. The van der Waals surface area contributed by atoms with Gasteiger partial charge in [0.15, 0.2) is 0 Å². The van der Waals surface area contributed by atoms with Gasteiger partial charge in [0, 0.05) is 20.0 Å². The van der Waals surface area contributed by atoms with Crippen LogP contribution >= 0.6 is 11.8 Å². The first-order valence-corrected chi connectivity index (χ1v) is 8.97. The van der Waals surface area contributed by atoms with E-state index in [0.717, 1.165) is 30.6 Å². The second kappa shape index (κ2) is 8.34. The molecule has 6 heteroatoms. The summed E-state index contributed by atoms with van der Waals surface area (Å²) in [5, 5.41) is 2.62. The van der Waals surface area contributed by atoms with Crippen molar-refractivity contribution in [3.63, 3.8) is 0 Å². The average molecular weight is 338 g/mol. The lowest BCUT2D eigenvalue weighted by atomic mass is 10.1. The van der Waals surface area contributed by atoms with Gasteiger partial charge in [-0.15, -0.1) is 11.8 Å². The van der Waals surface area contributed by atoms with E-state index in [9.17, 15) is 14.0 Å². The summed E-state index contributed by atoms with van der Waals surface area (Å²) < 4.78 is 14.0. The Hall–Kier alpha value is -1.56. The van der Waals surface area contributed by atoms with Crippen LogP contribution in [0.5, 0.6) is 0 Å². The lowest BCUT2D eigenvalue weighted by Gasteiger charge is -2.32. The Morgan fingerprint density at radius 1 is 1.48 bits per heavy atom. The molecule has 0 unspecified atom stereocenters. The topological polar surface area (TPSA) is 49.4 Å². The number of nitrogens with zero attached hydrogens (tertiary/aromatic N) is 1. The van der Waals surface area contributed by atoms with Crippen molar-refractivity contribution < 1.29 is 14.0 Å². The summed E-state index contributed by atoms with van der Waals surface area (Å²) in [6.45, 7) is 4.58. The Labute approximate surface area is 140 Å². The maximum atomic E-state index is 14.0. The van der Waals surface area contributed by atoms with E-state index in [4.69, 9.17) is 0 Å². The molecule has 0 aliphatic carbocycles. The molecule has 2 amide bonds. The van der Waals surface area contributed by atoms with Crippen molar-refractivity contribution in [3.8, 4) is 0 Å². The van der Waals surface area contributed by atoms with Gasteiger partial charge in [-0.1, -0.05) is 6.07 Å². The van der Waals surface area contributed by atoms with E-state index in [1.54, 1.807) is 28.8 Å². The first-order chi connectivity index (χ1) is 11.0. The van der Waals surface area contributed by atoms with Crippen LogP contribution in [-0.2, 0) is 9.59 Å². The SMILES string of the molecule is CC(=O)NCCCS[C@@H]1CCCN(c2cc(C)ccc2F)C1=O. The zero-order chi connectivity index (χ0) is 16.8. The summed E-state index contributed by atoms with van der Waals surface area (Å²) >= 11 is 1.60. The number of rotatable bonds is 6. The Morgan fingerprint density at radius 2 is 2.26 bits per heavy atom. The van der Waals surface area contributed by atoms with Crippen LogP contribution in [0.2, 0.25) is 0 Å². The summed E-state index contributed by atoms with van der Waals surface area (Å²) in [6.07, 6.45) is 2.53. The minimum Gasteiger partial charge on any atom is -0.356 e. The smallest absolute Gasteiger partial charge is 0.240 e. The summed E-state index contributed by atoms with van der Waals surface area (Å²) in [6, 6.07) is 4.86. The number of thioether (sulfide) groups is 1. The number of nitrogens with one attached hydrogen (secondary N) is 1. The second-order valence-corrected chi connectivity index (χ2v) is 7.09. The van der Waals surface area contributed by atoms with E-state index in [2.05, 4.69) is 5.32 Å². The molecule has 2 rings (SSSR count). The molecule has 23 heavy (non-hydrogen) atoms. The van der Waals surface area contributed by atoms with Crippen LogP contribution in [0.15, 0.2) is 18.2 Å². The fourth-order valence-corrected chi connectivity index (χ4v) is 3.83. The maximum Gasteiger partial charge on any atom is 0.240 e. The van der Waals surface area contributed by atoms with Crippen LogP contribution < -0.4 is 10.2 Å². The van der Waals surface area contributed by atoms with E-state index >= 15 is 0 Å². The zero-order valence-electron chi connectivity index (χ0n) is 13.6. The van der Waals surface area contributed by atoms with Crippen LogP contribution in [0.1, 0.15) is 31.7 Å². The molecule has 1 aromatic carbocycles. The van der Waals surface area contributed by atoms with E-state index in [1.807, 2.05) is 6.92 Å². The molecular formula is C17H23FN2O2S. The van der Waals surface area contributed by atoms with Gasteiger partial charge in [-0.3, -0.25) is 9.59 Å². The number of carbonyl (C=O) groups excluding carboxylic acids is 2. The first kappa shape index (κ1) is 17.8. The highest BCUT2D eigenvalue weighted by Crippen LogP contribution is 2.30. The van der Waals surface area contributed by atoms with Gasteiger partial charge in [0.25, 0.3) is 0 Å². The molecule has 1 fully saturated rings. The molecule has 4 nitrogen and oxygen atoms in total. The number of carbonyl (C=O) groups is 2. The fourth-order valence-electron chi connectivity index (χ4n) is 2.63. The summed E-state index contributed by atoms with van der Waals surface area (Å²) in [7, 11) is 0. The number of halogens is 1. The molecule has 126 valence electrons. The minimum absolute atomic E-state index is 0.00900. The van der Waals surface area contributed by atoms with Crippen molar-refractivity contribution in [2.45, 2.75) is 38.4 Å². The van der Waals surface area contributed by atoms with Crippen molar-refractivity contribution in [1.82, 2.24) is 5.32 Å². The zero-order valence-corrected chi connectivity index (χ0v) is 14.4. The molecule has 0 spiro atoms. The molecule has 1 saturated heterocycles. The molecule has 1 heterocycles. The van der Waals surface area contributed by atoms with Gasteiger partial charge in [0.1, 0.15) is 5.82 Å². The number of hydrogen-bond acceptors (Lipinski definition) is 3. The monoisotopic (exact) mass is 338 g/mol. The number of piperidine rings is 1. The lowest BCUT2D eigenvalue weighted by molar-refractivity contribution is -0.119. The van der Waals surface area contributed by atoms with Crippen LogP contribution in [0.25, 0.3) is 0 Å². The molecular weight excluding hydrogens is 315 g/mol. The van der Waals surface area contributed by atoms with Crippen molar-refractivity contribution in [2.24, 2.45) is 0 Å². The molecule has 1 aliphatic heterocycles. The molecule has 1 N–H and O–H groups in total. The highest BCUT2D eigenvalue weighted by molar-refractivity contribution is 8.00. The highest BCUT2D eigenvalue weighted by atomic mass is 32.2. The molecule has 1 atom stereocenters. The summed E-state index contributed by atoms with van der Waals surface area (Å²) in [5.41, 5.74) is 1.33. The normalized spacial score (nSPS) is 18.1. The van der Waals surface area contributed by atoms with Gasteiger partial charge in [0.2, 0.25) is 11.8 Å². The lowest BCUT2D eigenvalue weighted by Crippen LogP contribution is -2.43. The molecule has 0 aromatic heterocycles. The third kappa shape index (κ3) is 4.96. The van der Waals surface area contributed by atoms with E-state index in [-0.39, 0.29) is 22.9 Å². The van der Waals surface area contributed by atoms with Crippen LogP contribution in [0, 0.1) is 12.7 Å². The third-order valence-corrected chi connectivity index (χ3v) is 5.16. The quantitative estimate of drug-likeness (QED) is 0.812. The Balaban J connectivity index is 1.93. The van der Waals surface area contributed by atoms with E-state index < -0.39 is 0 Å². The van der Waals surface area contributed by atoms with Gasteiger partial charge in [0.05, 0.1) is 10.9 Å². The molecule has 0 saturated carbocycles. The average Bonchev–Trinajstić information content (AvgIpc) is 2.51. The van der Waals surface area contributed by atoms with Gasteiger partial charge in [-0.2, -0.15) is 0 Å². The van der Waals surface area contributed by atoms with Gasteiger partial charge < -0.3 is 10.2 Å². The summed E-state index contributed by atoms with van der Waals surface area (Å²) in [4.78, 5) is 25.0. The van der Waals surface area contributed by atoms with Gasteiger partial charge in [-0.25, -0.2) is 4.39 Å². The number of hydrogen-bond donors (Lipinski definition) is 1. The van der Waals surface area contributed by atoms with Crippen LogP contribution in [0.4, 0.5) is 10.1 Å². The first-order valence-electron chi connectivity index (χ1n) is 7.92. The van der Waals surface area contributed by atoms with E-state index in [1.165, 1.54) is 13.0 Å². The molecule has 1 aromatic rings. The standard InChI is InChI=1S/C17H23FN2O2S/c1-12-6-7-14(18)15(11-12)20-9-3-5-16(17(20)22)23-10-4-8-19-13(2)21/h6-7,11,16H,3-5,8-10H2,1-2H3,(H,19,21)/t16-/m1/s1. The Bertz CT molecular complexity index is 580. The Morgan fingerprint density at radius 3 is 3.00 bits per heavy atom. The van der Waals surface area contributed by atoms with Crippen molar-refractivity contribution in [3.05, 3.63) is 29.6 Å². The third-order valence-electron chi connectivity index (χ3n) is 3.80. The Kier molecular flexibility index (Phi) is 6.45. The number of benzene rings is 1. The van der Waals surface area contributed by atoms with Crippen LogP contribution in [-0.4, -0.2) is 35.9 Å². The van der Waals surface area contributed by atoms with Gasteiger partial charge in [-0.05, 0) is 49.6 Å². The minimum atomic E-state index is -0.347. The highest BCUT2D eigenvalue weighted by Gasteiger charge is 2.31. The second-order valence-electron chi connectivity index (χ2n) is 5.78. The molecule has 0 bridgehead atoms. The predicted octanol–water partition coefficient (Wildman–Crippen LogP) is 2.89. The van der Waals surface area contributed by atoms with Crippen molar-refractivity contribution in [2.75, 3.05) is 23.7 Å². The molecule has 0 radical (unpaired) electrons. The molecule has 1 aliphatic rings. The number of amides is 2. The fraction of sp³-hybridized carbons (Fsp3) is 0.529. The summed E-state index contributed by atoms with van der Waals surface area (Å²) in [5.74, 6) is 0.413. The van der Waals surface area contributed by atoms with E-state index in [0.29, 0.717) is 18.8 Å². The largest absolute Gasteiger partial charge is 0.356 e. The van der Waals surface area contributed by atoms with Crippen molar-refractivity contribution in [1.29, 1.82) is 0 Å². The predicted molar refractivity (Wildman–Crippen MR) is 92.3 cm³/mol. The van der Waals surface area contributed by atoms with Crippen LogP contribution in [0.3, 0.4) is 0 Å².